The van der Waals surface area contributed by atoms with Crippen LogP contribution in [0.1, 0.15) is 43.5 Å². The van der Waals surface area contributed by atoms with Crippen molar-refractivity contribution in [2.75, 3.05) is 7.11 Å². The molecule has 0 N–H and O–H groups in total. The van der Waals surface area contributed by atoms with Gasteiger partial charge in [-0.3, -0.25) is 4.79 Å². The number of hydrogen-bond donors (Lipinski definition) is 0. The third kappa shape index (κ3) is 4.67. The highest BCUT2D eigenvalue weighted by Crippen LogP contribution is 2.50. The molecule has 0 radical (unpaired) electrons. The molecule has 128 valence electrons. The minimum absolute atomic E-state index is 0.219. The lowest BCUT2D eigenvalue weighted by Gasteiger charge is -2.02. The summed E-state index contributed by atoms with van der Waals surface area (Å²) < 4.78 is 4.63. The highest BCUT2D eigenvalue weighted by atomic mass is 16.5. The number of carbonyl (C=O) groups is 2. The van der Waals surface area contributed by atoms with E-state index in [-0.39, 0.29) is 11.8 Å². The van der Waals surface area contributed by atoms with Gasteiger partial charge in [0.25, 0.3) is 0 Å². The Kier molecular flexibility index (Phi) is 6.53. The van der Waals surface area contributed by atoms with Gasteiger partial charge in [-0.2, -0.15) is 0 Å². The normalized spacial score (nSPS) is 23.3. The van der Waals surface area contributed by atoms with Gasteiger partial charge in [-0.05, 0) is 24.2 Å². The van der Waals surface area contributed by atoms with Crippen molar-refractivity contribution < 1.29 is 14.3 Å². The Hall–Kier alpha value is -2.16. The number of rotatable bonds is 5. The number of hydrogen-bond acceptors (Lipinski definition) is 3. The molecular formula is C21H26O3. The number of esters is 1. The molecule has 3 atom stereocenters. The lowest BCUT2D eigenvalue weighted by atomic mass is 10.1. The molecule has 2 aliphatic carbocycles. The summed E-state index contributed by atoms with van der Waals surface area (Å²) in [6, 6.07) is 9.48. The predicted molar refractivity (Wildman–Crippen MR) is 95.7 cm³/mol. The van der Waals surface area contributed by atoms with E-state index in [1.54, 1.807) is 0 Å². The summed E-state index contributed by atoms with van der Waals surface area (Å²) in [5, 5.41) is 0. The Labute approximate surface area is 144 Å². The molecule has 3 heteroatoms. The van der Waals surface area contributed by atoms with Crippen molar-refractivity contribution in [3.05, 3.63) is 59.7 Å². The molecule has 2 aliphatic rings. The summed E-state index contributed by atoms with van der Waals surface area (Å²) in [4.78, 5) is 22.5. The molecule has 0 heterocycles. The molecule has 0 aliphatic heterocycles. The molecular weight excluding hydrogens is 300 g/mol. The average Bonchev–Trinajstić information content (AvgIpc) is 3.29. The maximum Gasteiger partial charge on any atom is 0.337 e. The van der Waals surface area contributed by atoms with Gasteiger partial charge in [0.2, 0.25) is 0 Å². The van der Waals surface area contributed by atoms with Crippen LogP contribution in [-0.2, 0) is 9.53 Å². The molecule has 0 spiro atoms. The number of allylic oxidation sites excluding steroid dienone is 2. The summed E-state index contributed by atoms with van der Waals surface area (Å²) in [6.45, 7) is 4.30. The van der Waals surface area contributed by atoms with E-state index in [4.69, 9.17) is 0 Å². The van der Waals surface area contributed by atoms with Gasteiger partial charge >= 0.3 is 5.97 Å². The van der Waals surface area contributed by atoms with Crippen molar-refractivity contribution in [1.82, 2.24) is 0 Å². The number of Topliss-reactive ketones (excluding diaryl/α,β-unsaturated/α-hetero) is 1. The Morgan fingerprint density at radius 3 is 2.42 bits per heavy atom. The lowest BCUT2D eigenvalue weighted by Crippen LogP contribution is -2.04. The summed E-state index contributed by atoms with van der Waals surface area (Å²) in [7, 11) is 1.42. The minimum atomic E-state index is -0.219. The second kappa shape index (κ2) is 8.62. The molecule has 3 unspecified atom stereocenters. The van der Waals surface area contributed by atoms with Crippen molar-refractivity contribution >= 4 is 11.8 Å². The van der Waals surface area contributed by atoms with Crippen LogP contribution in [0, 0.1) is 17.8 Å². The number of methoxy groups -OCH3 is 1. The summed E-state index contributed by atoms with van der Waals surface area (Å²) in [5.74, 6) is 2.02. The van der Waals surface area contributed by atoms with Gasteiger partial charge in [-0.15, -0.1) is 0 Å². The molecule has 3 rings (SSSR count). The van der Waals surface area contributed by atoms with E-state index in [1.165, 1.54) is 7.11 Å². The van der Waals surface area contributed by atoms with E-state index in [2.05, 4.69) is 24.7 Å². The molecule has 0 saturated heterocycles. The first-order valence-corrected chi connectivity index (χ1v) is 8.65. The largest absolute Gasteiger partial charge is 0.465 e. The van der Waals surface area contributed by atoms with Gasteiger partial charge in [0, 0.05) is 12.0 Å². The first kappa shape index (κ1) is 18.2. The Bertz CT molecular complexity index is 628. The van der Waals surface area contributed by atoms with Gasteiger partial charge in [0.15, 0.2) is 5.78 Å². The molecule has 1 saturated carbocycles. The fraction of sp³-hybridized carbons (Fsp3) is 0.429. The van der Waals surface area contributed by atoms with Crippen LogP contribution in [0.5, 0.6) is 0 Å². The van der Waals surface area contributed by atoms with Crippen molar-refractivity contribution in [2.24, 2.45) is 17.8 Å². The zero-order valence-electron chi connectivity index (χ0n) is 14.7. The standard InChI is InChI=1S/C11H14O.C10H12O2/c1-2-3-9-11(12)10-7-5-4-6-8-10;1-6-8-4-3-7(5-9(6)8)10(11)12-2/h4-8H,2-3,9H2,1H3;3-6,8-9H,1-2H3. The van der Waals surface area contributed by atoms with Crippen molar-refractivity contribution in [3.63, 3.8) is 0 Å². The summed E-state index contributed by atoms with van der Waals surface area (Å²) >= 11 is 0. The topological polar surface area (TPSA) is 43.4 Å². The maximum atomic E-state index is 11.4. The van der Waals surface area contributed by atoms with E-state index >= 15 is 0 Å². The first-order valence-electron chi connectivity index (χ1n) is 8.65. The van der Waals surface area contributed by atoms with Crippen LogP contribution in [0.3, 0.4) is 0 Å². The van der Waals surface area contributed by atoms with Crippen LogP contribution in [-0.4, -0.2) is 18.9 Å². The van der Waals surface area contributed by atoms with Gasteiger partial charge in [0.05, 0.1) is 12.7 Å². The number of ketones is 1. The quantitative estimate of drug-likeness (QED) is 0.587. The zero-order valence-corrected chi connectivity index (χ0v) is 14.7. The van der Waals surface area contributed by atoms with E-state index in [0.717, 1.165) is 18.4 Å². The van der Waals surface area contributed by atoms with Gasteiger partial charge in [-0.1, -0.05) is 68.8 Å². The lowest BCUT2D eigenvalue weighted by molar-refractivity contribution is -0.135. The zero-order chi connectivity index (χ0) is 17.5. The first-order chi connectivity index (χ1) is 11.6. The predicted octanol–water partition coefficient (Wildman–Crippen LogP) is 4.60. The van der Waals surface area contributed by atoms with Gasteiger partial charge < -0.3 is 4.74 Å². The highest BCUT2D eigenvalue weighted by molar-refractivity contribution is 5.95. The van der Waals surface area contributed by atoms with Crippen molar-refractivity contribution in [3.8, 4) is 0 Å². The van der Waals surface area contributed by atoms with E-state index in [9.17, 15) is 9.59 Å². The molecule has 0 bridgehead atoms. The number of carbonyl (C=O) groups excluding carboxylic acids is 2. The summed E-state index contributed by atoms with van der Waals surface area (Å²) in [6.07, 6.45) is 8.77. The molecule has 1 fully saturated rings. The monoisotopic (exact) mass is 326 g/mol. The number of unbranched alkanes of at least 4 members (excludes halogenated alkanes) is 1. The molecule has 1 aromatic rings. The highest BCUT2D eigenvalue weighted by Gasteiger charge is 2.45. The number of ether oxygens (including phenoxy) is 1. The molecule has 3 nitrogen and oxygen atoms in total. The number of benzene rings is 1. The minimum Gasteiger partial charge on any atom is -0.465 e. The smallest absolute Gasteiger partial charge is 0.337 e. The third-order valence-electron chi connectivity index (χ3n) is 4.66. The van der Waals surface area contributed by atoms with Crippen LogP contribution in [0.4, 0.5) is 0 Å². The molecule has 24 heavy (non-hydrogen) atoms. The van der Waals surface area contributed by atoms with Crippen LogP contribution in [0.15, 0.2) is 54.1 Å². The van der Waals surface area contributed by atoms with Crippen LogP contribution in [0.2, 0.25) is 0 Å². The SMILES string of the molecule is CCCCC(=O)c1ccccc1.COC(=O)C1=CC2C(C)C2C=C1. The third-order valence-corrected chi connectivity index (χ3v) is 4.66. The fourth-order valence-corrected chi connectivity index (χ4v) is 2.93. The second-order valence-corrected chi connectivity index (χ2v) is 6.38. The van der Waals surface area contributed by atoms with Crippen LogP contribution in [0.25, 0.3) is 0 Å². The van der Waals surface area contributed by atoms with Crippen LogP contribution >= 0.6 is 0 Å². The van der Waals surface area contributed by atoms with Crippen molar-refractivity contribution in [2.45, 2.75) is 33.1 Å². The Morgan fingerprint density at radius 2 is 1.83 bits per heavy atom. The van der Waals surface area contributed by atoms with Crippen molar-refractivity contribution in [1.29, 1.82) is 0 Å². The number of fused-ring (bicyclic) bond motifs is 1. The van der Waals surface area contributed by atoms with E-state index in [1.807, 2.05) is 42.5 Å². The molecule has 1 aromatic carbocycles. The maximum absolute atomic E-state index is 11.4. The fourth-order valence-electron chi connectivity index (χ4n) is 2.93. The summed E-state index contributed by atoms with van der Waals surface area (Å²) in [5.41, 5.74) is 1.55. The van der Waals surface area contributed by atoms with E-state index < -0.39 is 0 Å². The van der Waals surface area contributed by atoms with Gasteiger partial charge in [-0.25, -0.2) is 4.79 Å². The van der Waals surface area contributed by atoms with Crippen LogP contribution < -0.4 is 0 Å². The average molecular weight is 326 g/mol. The second-order valence-electron chi connectivity index (χ2n) is 6.38. The Balaban J connectivity index is 0.000000174. The Morgan fingerprint density at radius 1 is 1.12 bits per heavy atom. The molecule has 0 amide bonds. The van der Waals surface area contributed by atoms with E-state index in [0.29, 0.717) is 29.7 Å². The molecule has 0 aromatic heterocycles. The van der Waals surface area contributed by atoms with Gasteiger partial charge in [0.1, 0.15) is 0 Å².